The molecule has 1 aliphatic carbocycles. The van der Waals surface area contributed by atoms with Gasteiger partial charge >= 0.3 is 0 Å². The Morgan fingerprint density at radius 1 is 1.36 bits per heavy atom. The number of nitrogens with zero attached hydrogens (tertiary/aromatic N) is 3. The Balaban J connectivity index is 1.57. The lowest BCUT2D eigenvalue weighted by Gasteiger charge is -2.25. The lowest BCUT2D eigenvalue weighted by atomic mass is 9.83. The molecule has 0 saturated heterocycles. The van der Waals surface area contributed by atoms with Gasteiger partial charge in [0.15, 0.2) is 5.65 Å². The molecular weight excluding hydrogens is 300 g/mol. The van der Waals surface area contributed by atoms with Crippen molar-refractivity contribution in [1.29, 1.82) is 0 Å². The Hall–Kier alpha value is -1.33. The Labute approximate surface area is 135 Å². The van der Waals surface area contributed by atoms with E-state index in [9.17, 15) is 5.11 Å². The summed E-state index contributed by atoms with van der Waals surface area (Å²) in [5, 5.41) is 17.6. The van der Waals surface area contributed by atoms with Crippen LogP contribution in [0.25, 0.3) is 5.65 Å². The van der Waals surface area contributed by atoms with Crippen LogP contribution in [-0.2, 0) is 0 Å². The van der Waals surface area contributed by atoms with Gasteiger partial charge in [-0.3, -0.25) is 0 Å². The summed E-state index contributed by atoms with van der Waals surface area (Å²) in [5.74, 6) is 1.82. The summed E-state index contributed by atoms with van der Waals surface area (Å²) < 4.78 is 1.65. The van der Waals surface area contributed by atoms with E-state index in [1.54, 1.807) is 10.7 Å². The highest BCUT2D eigenvalue weighted by molar-refractivity contribution is 6.33. The van der Waals surface area contributed by atoms with Crippen LogP contribution in [0.4, 0.5) is 5.82 Å². The van der Waals surface area contributed by atoms with Gasteiger partial charge in [-0.1, -0.05) is 43.7 Å². The number of aliphatic hydroxyl groups is 1. The highest BCUT2D eigenvalue weighted by atomic mass is 35.5. The maximum atomic E-state index is 9.62. The van der Waals surface area contributed by atoms with Crippen LogP contribution in [-0.4, -0.2) is 32.9 Å². The molecule has 1 saturated carbocycles. The van der Waals surface area contributed by atoms with Gasteiger partial charge in [0, 0.05) is 19.3 Å². The third-order valence-corrected chi connectivity index (χ3v) is 4.81. The lowest BCUT2D eigenvalue weighted by molar-refractivity contribution is 0.192. The molecule has 2 aromatic rings. The zero-order chi connectivity index (χ0) is 15.4. The lowest BCUT2D eigenvalue weighted by Crippen LogP contribution is -2.22. The third kappa shape index (κ3) is 3.70. The molecule has 1 unspecified atom stereocenters. The number of aliphatic hydroxyl groups excluding tert-OH is 1. The zero-order valence-corrected chi connectivity index (χ0v) is 13.5. The monoisotopic (exact) mass is 322 g/mol. The van der Waals surface area contributed by atoms with E-state index >= 15 is 0 Å². The number of anilines is 1. The van der Waals surface area contributed by atoms with E-state index in [0.717, 1.165) is 24.7 Å². The summed E-state index contributed by atoms with van der Waals surface area (Å²) in [6.45, 7) is 0.959. The van der Waals surface area contributed by atoms with Crippen molar-refractivity contribution in [3.05, 3.63) is 23.5 Å². The molecule has 0 amide bonds. The molecule has 1 fully saturated rings. The van der Waals surface area contributed by atoms with Gasteiger partial charge < -0.3 is 10.4 Å². The number of nitrogens with one attached hydrogen (secondary N) is 1. The third-order valence-electron chi connectivity index (χ3n) is 4.55. The fourth-order valence-corrected chi connectivity index (χ4v) is 3.48. The molecule has 2 N–H and O–H groups in total. The summed E-state index contributed by atoms with van der Waals surface area (Å²) in [6, 6.07) is 1.88. The highest BCUT2D eigenvalue weighted by Gasteiger charge is 2.18. The van der Waals surface area contributed by atoms with Gasteiger partial charge in [0.2, 0.25) is 0 Å². The Kier molecular flexibility index (Phi) is 5.16. The standard InChI is InChI=1S/C16H23ClN4O/c17-14-10-19-21-7-6-15(20-16(14)21)18-9-13(11-22)8-12-4-2-1-3-5-12/h6-7,10,12-13,22H,1-5,8-9,11H2,(H,18,20). The molecule has 0 bridgehead atoms. The average Bonchev–Trinajstić information content (AvgIpc) is 2.93. The van der Waals surface area contributed by atoms with Gasteiger partial charge in [-0.15, -0.1) is 0 Å². The van der Waals surface area contributed by atoms with E-state index in [2.05, 4.69) is 15.4 Å². The molecule has 120 valence electrons. The molecule has 6 heteroatoms. The van der Waals surface area contributed by atoms with Crippen molar-refractivity contribution in [2.24, 2.45) is 11.8 Å². The fourth-order valence-electron chi connectivity index (χ4n) is 3.31. The molecule has 3 rings (SSSR count). The van der Waals surface area contributed by atoms with Gasteiger partial charge in [0.25, 0.3) is 0 Å². The molecule has 22 heavy (non-hydrogen) atoms. The van der Waals surface area contributed by atoms with Gasteiger partial charge in [-0.05, 0) is 24.3 Å². The summed E-state index contributed by atoms with van der Waals surface area (Å²) in [6.07, 6.45) is 11.2. The predicted molar refractivity (Wildman–Crippen MR) is 88.3 cm³/mol. The second-order valence-electron chi connectivity index (χ2n) is 6.24. The molecule has 0 aromatic carbocycles. The number of rotatable bonds is 6. The minimum atomic E-state index is 0.221. The van der Waals surface area contributed by atoms with Crippen molar-refractivity contribution in [2.75, 3.05) is 18.5 Å². The molecule has 2 heterocycles. The number of halogens is 1. The van der Waals surface area contributed by atoms with Crippen molar-refractivity contribution < 1.29 is 5.11 Å². The van der Waals surface area contributed by atoms with Crippen LogP contribution in [0.3, 0.4) is 0 Å². The molecular formula is C16H23ClN4O. The first kappa shape index (κ1) is 15.6. The molecule has 1 atom stereocenters. The van der Waals surface area contributed by atoms with Crippen LogP contribution in [0.1, 0.15) is 38.5 Å². The number of fused-ring (bicyclic) bond motifs is 1. The SMILES string of the molecule is OCC(CNc1ccn2ncc(Cl)c2n1)CC1CCCCC1. The summed E-state index contributed by atoms with van der Waals surface area (Å²) in [4.78, 5) is 4.46. The van der Waals surface area contributed by atoms with Crippen molar-refractivity contribution >= 4 is 23.1 Å². The Morgan fingerprint density at radius 3 is 2.95 bits per heavy atom. The summed E-state index contributed by atoms with van der Waals surface area (Å²) >= 11 is 6.05. The maximum absolute atomic E-state index is 9.62. The second-order valence-corrected chi connectivity index (χ2v) is 6.65. The van der Waals surface area contributed by atoms with Gasteiger partial charge in [-0.2, -0.15) is 5.10 Å². The first-order chi connectivity index (χ1) is 10.8. The Bertz CT molecular complexity index is 609. The van der Waals surface area contributed by atoms with Gasteiger partial charge in [0.1, 0.15) is 10.8 Å². The first-order valence-corrected chi connectivity index (χ1v) is 8.48. The first-order valence-electron chi connectivity index (χ1n) is 8.11. The normalized spacial score (nSPS) is 17.7. The van der Waals surface area contributed by atoms with Crippen molar-refractivity contribution in [2.45, 2.75) is 38.5 Å². The van der Waals surface area contributed by atoms with Crippen LogP contribution in [0, 0.1) is 11.8 Å². The topological polar surface area (TPSA) is 62.5 Å². The largest absolute Gasteiger partial charge is 0.396 e. The van der Waals surface area contributed by atoms with E-state index in [4.69, 9.17) is 11.6 Å². The van der Waals surface area contributed by atoms with Crippen LogP contribution < -0.4 is 5.32 Å². The van der Waals surface area contributed by atoms with Crippen LogP contribution in [0.5, 0.6) is 0 Å². The molecule has 0 aliphatic heterocycles. The van der Waals surface area contributed by atoms with Crippen molar-refractivity contribution in [3.63, 3.8) is 0 Å². The molecule has 2 aromatic heterocycles. The quantitative estimate of drug-likeness (QED) is 0.856. The predicted octanol–water partition coefficient (Wildman–Crippen LogP) is 3.37. The highest BCUT2D eigenvalue weighted by Crippen LogP contribution is 2.29. The van der Waals surface area contributed by atoms with Crippen molar-refractivity contribution in [1.82, 2.24) is 14.6 Å². The van der Waals surface area contributed by atoms with Gasteiger partial charge in [-0.25, -0.2) is 9.50 Å². The fraction of sp³-hybridized carbons (Fsp3) is 0.625. The Morgan fingerprint density at radius 2 is 2.18 bits per heavy atom. The van der Waals surface area contributed by atoms with Crippen LogP contribution >= 0.6 is 11.6 Å². The van der Waals surface area contributed by atoms with E-state index in [1.165, 1.54) is 32.1 Å². The smallest absolute Gasteiger partial charge is 0.175 e. The van der Waals surface area contributed by atoms with Gasteiger partial charge in [0.05, 0.1) is 6.20 Å². The van der Waals surface area contributed by atoms with E-state index < -0.39 is 0 Å². The summed E-state index contributed by atoms with van der Waals surface area (Å²) in [7, 11) is 0. The second kappa shape index (κ2) is 7.29. The number of hydrogen-bond acceptors (Lipinski definition) is 4. The van der Waals surface area contributed by atoms with Crippen LogP contribution in [0.15, 0.2) is 18.5 Å². The molecule has 1 aliphatic rings. The molecule has 0 radical (unpaired) electrons. The molecule has 5 nitrogen and oxygen atoms in total. The van der Waals surface area contributed by atoms with E-state index in [1.807, 2.05) is 12.3 Å². The van der Waals surface area contributed by atoms with Crippen molar-refractivity contribution in [3.8, 4) is 0 Å². The van der Waals surface area contributed by atoms with E-state index in [-0.39, 0.29) is 12.5 Å². The average molecular weight is 323 g/mol. The van der Waals surface area contributed by atoms with Crippen LogP contribution in [0.2, 0.25) is 5.02 Å². The number of aromatic nitrogens is 3. The molecule has 0 spiro atoms. The maximum Gasteiger partial charge on any atom is 0.175 e. The van der Waals surface area contributed by atoms with E-state index in [0.29, 0.717) is 10.7 Å². The minimum absolute atomic E-state index is 0.221. The number of hydrogen-bond donors (Lipinski definition) is 2. The zero-order valence-electron chi connectivity index (χ0n) is 12.7. The minimum Gasteiger partial charge on any atom is -0.396 e. The summed E-state index contributed by atoms with van der Waals surface area (Å²) in [5.41, 5.74) is 0.652.